The lowest BCUT2D eigenvalue weighted by atomic mass is 10.2. The molecular weight excluding hydrogens is 370 g/mol. The van der Waals surface area contributed by atoms with E-state index in [0.717, 1.165) is 12.8 Å². The summed E-state index contributed by atoms with van der Waals surface area (Å²) in [6, 6.07) is 0. The van der Waals surface area contributed by atoms with Crippen LogP contribution in [0.5, 0.6) is 5.75 Å². The molecule has 0 radical (unpaired) electrons. The standard InChI is InChI=1S/C18H29N3O7/c1-7-8-11-27-14-12(15(22)25-5)20-21(13(14)16(23)26-6)10-9-19-17(24)28-18(2,3)4/h7-11H2,1-6H3,(H,19,24). The van der Waals surface area contributed by atoms with Crippen molar-refractivity contribution in [2.75, 3.05) is 27.4 Å². The second kappa shape index (κ2) is 10.5. The number of nitrogens with zero attached hydrogens (tertiary/aromatic N) is 2. The summed E-state index contributed by atoms with van der Waals surface area (Å²) in [5.74, 6) is -1.45. The average molecular weight is 399 g/mol. The molecular formula is C18H29N3O7. The first kappa shape index (κ1) is 23.3. The van der Waals surface area contributed by atoms with Crippen LogP contribution in [0, 0.1) is 0 Å². The summed E-state index contributed by atoms with van der Waals surface area (Å²) in [6.45, 7) is 7.72. The molecule has 0 aliphatic heterocycles. The molecule has 0 aliphatic rings. The number of alkyl carbamates (subject to hydrolysis) is 1. The minimum Gasteiger partial charge on any atom is -0.488 e. The Bertz CT molecular complexity index is 692. The Morgan fingerprint density at radius 1 is 1.11 bits per heavy atom. The van der Waals surface area contributed by atoms with Gasteiger partial charge in [0, 0.05) is 6.54 Å². The third-order valence-corrected chi connectivity index (χ3v) is 3.40. The number of esters is 2. The molecule has 0 atom stereocenters. The van der Waals surface area contributed by atoms with Crippen LogP contribution in [0.25, 0.3) is 0 Å². The van der Waals surface area contributed by atoms with Crippen LogP contribution < -0.4 is 10.1 Å². The van der Waals surface area contributed by atoms with E-state index in [1.165, 1.54) is 18.9 Å². The minimum absolute atomic E-state index is 0.00409. The molecule has 1 N–H and O–H groups in total. The quantitative estimate of drug-likeness (QED) is 0.381. The normalized spacial score (nSPS) is 10.9. The molecule has 1 amide bonds. The Morgan fingerprint density at radius 3 is 2.29 bits per heavy atom. The highest BCUT2D eigenvalue weighted by Crippen LogP contribution is 2.26. The smallest absolute Gasteiger partial charge is 0.407 e. The van der Waals surface area contributed by atoms with Crippen LogP contribution in [0.15, 0.2) is 0 Å². The van der Waals surface area contributed by atoms with Crippen molar-refractivity contribution in [2.24, 2.45) is 0 Å². The minimum atomic E-state index is -0.740. The van der Waals surface area contributed by atoms with Gasteiger partial charge < -0.3 is 24.3 Å². The van der Waals surface area contributed by atoms with Crippen molar-refractivity contribution in [1.82, 2.24) is 15.1 Å². The summed E-state index contributed by atoms with van der Waals surface area (Å²) >= 11 is 0. The molecule has 0 bridgehead atoms. The van der Waals surface area contributed by atoms with Gasteiger partial charge in [-0.2, -0.15) is 5.10 Å². The van der Waals surface area contributed by atoms with Gasteiger partial charge in [0.25, 0.3) is 0 Å². The fraction of sp³-hybridized carbons (Fsp3) is 0.667. The zero-order chi connectivity index (χ0) is 21.3. The molecule has 0 spiro atoms. The van der Waals surface area contributed by atoms with Crippen molar-refractivity contribution >= 4 is 18.0 Å². The number of aromatic nitrogens is 2. The average Bonchev–Trinajstić information content (AvgIpc) is 2.97. The first-order valence-corrected chi connectivity index (χ1v) is 9.01. The van der Waals surface area contributed by atoms with Crippen molar-refractivity contribution in [1.29, 1.82) is 0 Å². The Kier molecular flexibility index (Phi) is 8.75. The molecule has 10 nitrogen and oxygen atoms in total. The molecule has 0 saturated carbocycles. The topological polar surface area (TPSA) is 118 Å². The summed E-state index contributed by atoms with van der Waals surface area (Å²) < 4.78 is 21.6. The van der Waals surface area contributed by atoms with Crippen molar-refractivity contribution in [3.63, 3.8) is 0 Å². The molecule has 0 aliphatic carbocycles. The number of carbonyl (C=O) groups excluding carboxylic acids is 3. The predicted molar refractivity (Wildman–Crippen MR) is 99.5 cm³/mol. The lowest BCUT2D eigenvalue weighted by Crippen LogP contribution is -2.34. The summed E-state index contributed by atoms with van der Waals surface area (Å²) in [4.78, 5) is 36.1. The molecule has 10 heteroatoms. The van der Waals surface area contributed by atoms with Crippen molar-refractivity contribution in [2.45, 2.75) is 52.7 Å². The largest absolute Gasteiger partial charge is 0.488 e. The number of methoxy groups -OCH3 is 2. The molecule has 1 rings (SSSR count). The van der Waals surface area contributed by atoms with Crippen LogP contribution in [-0.2, 0) is 20.8 Å². The molecule has 0 unspecified atom stereocenters. The van der Waals surface area contributed by atoms with Gasteiger partial charge in [-0.1, -0.05) is 13.3 Å². The molecule has 1 heterocycles. The Hall–Kier alpha value is -2.78. The zero-order valence-electron chi connectivity index (χ0n) is 17.3. The van der Waals surface area contributed by atoms with Crippen LogP contribution in [0.4, 0.5) is 4.79 Å². The van der Waals surface area contributed by atoms with Gasteiger partial charge >= 0.3 is 18.0 Å². The molecule has 0 saturated heterocycles. The van der Waals surface area contributed by atoms with Crippen LogP contribution in [0.1, 0.15) is 61.5 Å². The SMILES string of the molecule is CCCCOc1c(C(=O)OC)nn(CCNC(=O)OC(C)(C)C)c1C(=O)OC. The number of hydrogen-bond acceptors (Lipinski definition) is 8. The first-order valence-electron chi connectivity index (χ1n) is 9.01. The number of amides is 1. The maximum atomic E-state index is 12.3. The van der Waals surface area contributed by atoms with Gasteiger partial charge in [0.15, 0.2) is 11.4 Å². The number of carbonyl (C=O) groups is 3. The highest BCUT2D eigenvalue weighted by Gasteiger charge is 2.30. The van der Waals surface area contributed by atoms with Gasteiger partial charge in [-0.15, -0.1) is 0 Å². The summed E-state index contributed by atoms with van der Waals surface area (Å²) in [5, 5.41) is 6.69. The molecule has 158 valence electrons. The van der Waals surface area contributed by atoms with Crippen molar-refractivity contribution in [3.8, 4) is 5.75 Å². The zero-order valence-corrected chi connectivity index (χ0v) is 17.3. The maximum absolute atomic E-state index is 12.3. The van der Waals surface area contributed by atoms with Gasteiger partial charge in [-0.3, -0.25) is 4.68 Å². The lowest BCUT2D eigenvalue weighted by Gasteiger charge is -2.19. The monoisotopic (exact) mass is 399 g/mol. The van der Waals surface area contributed by atoms with E-state index in [9.17, 15) is 14.4 Å². The number of hydrogen-bond donors (Lipinski definition) is 1. The third-order valence-electron chi connectivity index (χ3n) is 3.40. The lowest BCUT2D eigenvalue weighted by molar-refractivity contribution is 0.0522. The predicted octanol–water partition coefficient (Wildman–Crippen LogP) is 2.16. The fourth-order valence-corrected chi connectivity index (χ4v) is 2.17. The van der Waals surface area contributed by atoms with E-state index in [4.69, 9.17) is 18.9 Å². The molecule has 1 aromatic rings. The van der Waals surface area contributed by atoms with Crippen LogP contribution in [0.2, 0.25) is 0 Å². The Balaban J connectivity index is 3.06. The van der Waals surface area contributed by atoms with Crippen molar-refractivity contribution in [3.05, 3.63) is 11.4 Å². The highest BCUT2D eigenvalue weighted by atomic mass is 16.6. The highest BCUT2D eigenvalue weighted by molar-refractivity contribution is 5.98. The molecule has 0 fully saturated rings. The van der Waals surface area contributed by atoms with Gasteiger partial charge in [0.05, 0.1) is 27.4 Å². The third kappa shape index (κ3) is 6.75. The van der Waals surface area contributed by atoms with Crippen LogP contribution >= 0.6 is 0 Å². The van der Waals surface area contributed by atoms with Gasteiger partial charge in [0.2, 0.25) is 5.69 Å². The summed E-state index contributed by atoms with van der Waals surface area (Å²) in [7, 11) is 2.42. The number of unbranched alkanes of at least 4 members (excludes halogenated alkanes) is 1. The molecule has 28 heavy (non-hydrogen) atoms. The van der Waals surface area contributed by atoms with E-state index < -0.39 is 23.6 Å². The Labute approximate surface area is 164 Å². The van der Waals surface area contributed by atoms with Gasteiger partial charge in [-0.05, 0) is 27.2 Å². The van der Waals surface area contributed by atoms with E-state index in [2.05, 4.69) is 10.4 Å². The van der Waals surface area contributed by atoms with Crippen LogP contribution in [0.3, 0.4) is 0 Å². The number of nitrogens with one attached hydrogen (secondary N) is 1. The van der Waals surface area contributed by atoms with E-state index >= 15 is 0 Å². The van der Waals surface area contributed by atoms with Crippen LogP contribution in [-0.4, -0.2) is 60.8 Å². The van der Waals surface area contributed by atoms with E-state index in [1.54, 1.807) is 20.8 Å². The number of ether oxygens (including phenoxy) is 4. The maximum Gasteiger partial charge on any atom is 0.407 e. The van der Waals surface area contributed by atoms with E-state index in [0.29, 0.717) is 6.61 Å². The van der Waals surface area contributed by atoms with Gasteiger partial charge in [-0.25, -0.2) is 14.4 Å². The second-order valence-corrected chi connectivity index (χ2v) is 6.86. The number of rotatable bonds is 9. The first-order chi connectivity index (χ1) is 13.1. The fourth-order valence-electron chi connectivity index (χ4n) is 2.17. The van der Waals surface area contributed by atoms with E-state index in [-0.39, 0.29) is 30.2 Å². The second-order valence-electron chi connectivity index (χ2n) is 6.86. The Morgan fingerprint density at radius 2 is 1.75 bits per heavy atom. The van der Waals surface area contributed by atoms with E-state index in [1.807, 2.05) is 6.92 Å². The molecule has 1 aromatic heterocycles. The van der Waals surface area contributed by atoms with Gasteiger partial charge in [0.1, 0.15) is 5.60 Å². The van der Waals surface area contributed by atoms with Crippen molar-refractivity contribution < 1.29 is 33.3 Å². The molecule has 0 aromatic carbocycles. The summed E-state index contributed by atoms with van der Waals surface area (Å²) in [6.07, 6.45) is 0.994. The summed E-state index contributed by atoms with van der Waals surface area (Å²) in [5.41, 5.74) is -0.785.